The number of ether oxygens (including phenoxy) is 1. The highest BCUT2D eigenvalue weighted by Crippen LogP contribution is 2.24. The summed E-state index contributed by atoms with van der Waals surface area (Å²) in [6.07, 6.45) is 1.96. The SMILES string of the molecule is COCc1csc(NC(=O)Nc2cccc3ccn(C)c23)n1. The van der Waals surface area contributed by atoms with E-state index in [-0.39, 0.29) is 6.03 Å². The van der Waals surface area contributed by atoms with Crippen molar-refractivity contribution in [3.63, 3.8) is 0 Å². The summed E-state index contributed by atoms with van der Waals surface area (Å²) in [4.78, 5) is 16.4. The van der Waals surface area contributed by atoms with Crippen LogP contribution in [0.15, 0.2) is 35.8 Å². The van der Waals surface area contributed by atoms with Crippen molar-refractivity contribution in [3.05, 3.63) is 41.5 Å². The first-order valence-electron chi connectivity index (χ1n) is 6.73. The number of benzene rings is 1. The first kappa shape index (κ1) is 14.6. The van der Waals surface area contributed by atoms with Crippen LogP contribution in [0.1, 0.15) is 5.69 Å². The van der Waals surface area contributed by atoms with E-state index in [4.69, 9.17) is 4.74 Å². The molecular formula is C15H16N4O2S. The number of hydrogen-bond acceptors (Lipinski definition) is 4. The van der Waals surface area contributed by atoms with Crippen LogP contribution in [0.25, 0.3) is 10.9 Å². The number of methoxy groups -OCH3 is 1. The summed E-state index contributed by atoms with van der Waals surface area (Å²) in [5.41, 5.74) is 2.54. The Balaban J connectivity index is 1.74. The third-order valence-electron chi connectivity index (χ3n) is 3.21. The number of para-hydroxylation sites is 1. The topological polar surface area (TPSA) is 68.2 Å². The molecule has 0 saturated heterocycles. The van der Waals surface area contributed by atoms with Gasteiger partial charge in [0.15, 0.2) is 5.13 Å². The zero-order chi connectivity index (χ0) is 15.5. The van der Waals surface area contributed by atoms with Crippen molar-refractivity contribution in [2.75, 3.05) is 17.7 Å². The van der Waals surface area contributed by atoms with Crippen LogP contribution in [0, 0.1) is 0 Å². The number of urea groups is 1. The number of amides is 2. The highest BCUT2D eigenvalue weighted by molar-refractivity contribution is 7.13. The smallest absolute Gasteiger partial charge is 0.325 e. The Morgan fingerprint density at radius 1 is 1.36 bits per heavy atom. The molecule has 7 heteroatoms. The van der Waals surface area contributed by atoms with E-state index in [0.717, 1.165) is 22.3 Å². The molecule has 2 aromatic heterocycles. The number of aryl methyl sites for hydroxylation is 1. The van der Waals surface area contributed by atoms with Gasteiger partial charge in [0.05, 0.1) is 23.5 Å². The second-order valence-corrected chi connectivity index (χ2v) is 5.68. The molecule has 3 aromatic rings. The maximum Gasteiger partial charge on any atom is 0.325 e. The lowest BCUT2D eigenvalue weighted by Gasteiger charge is -2.08. The van der Waals surface area contributed by atoms with Gasteiger partial charge in [-0.25, -0.2) is 9.78 Å². The third kappa shape index (κ3) is 2.95. The number of carbonyl (C=O) groups excluding carboxylic acids is 1. The molecule has 114 valence electrons. The molecule has 0 radical (unpaired) electrons. The third-order valence-corrected chi connectivity index (χ3v) is 4.02. The zero-order valence-corrected chi connectivity index (χ0v) is 13.1. The van der Waals surface area contributed by atoms with Crippen LogP contribution in [0.5, 0.6) is 0 Å². The molecule has 0 spiro atoms. The molecule has 0 saturated carbocycles. The molecule has 0 unspecified atom stereocenters. The van der Waals surface area contributed by atoms with Gasteiger partial charge in [-0.05, 0) is 12.1 Å². The standard InChI is InChI=1S/C15H16N4O2S/c1-19-7-6-10-4-3-5-12(13(10)19)17-14(20)18-15-16-11(8-21-2)9-22-15/h3-7,9H,8H2,1-2H3,(H2,16,17,18,20). The minimum Gasteiger partial charge on any atom is -0.378 e. The van der Waals surface area contributed by atoms with Crippen molar-refractivity contribution in [1.29, 1.82) is 0 Å². The molecular weight excluding hydrogens is 300 g/mol. The zero-order valence-electron chi connectivity index (χ0n) is 12.3. The molecule has 2 N–H and O–H groups in total. The second-order valence-electron chi connectivity index (χ2n) is 4.83. The second kappa shape index (κ2) is 6.17. The number of anilines is 2. The molecule has 0 bridgehead atoms. The predicted molar refractivity (Wildman–Crippen MR) is 88.4 cm³/mol. The van der Waals surface area contributed by atoms with Gasteiger partial charge in [-0.2, -0.15) is 0 Å². The fraction of sp³-hybridized carbons (Fsp3) is 0.200. The van der Waals surface area contributed by atoms with Gasteiger partial charge < -0.3 is 14.6 Å². The maximum atomic E-state index is 12.1. The molecule has 1 aromatic carbocycles. The molecule has 2 heterocycles. The maximum absolute atomic E-state index is 12.1. The minimum atomic E-state index is -0.313. The Hall–Kier alpha value is -2.38. The Morgan fingerprint density at radius 2 is 2.23 bits per heavy atom. The van der Waals surface area contributed by atoms with Crippen molar-refractivity contribution < 1.29 is 9.53 Å². The Labute approximate surface area is 131 Å². The molecule has 0 atom stereocenters. The first-order chi connectivity index (χ1) is 10.7. The first-order valence-corrected chi connectivity index (χ1v) is 7.61. The van der Waals surface area contributed by atoms with Gasteiger partial charge >= 0.3 is 6.03 Å². The highest BCUT2D eigenvalue weighted by atomic mass is 32.1. The van der Waals surface area contributed by atoms with Gasteiger partial charge in [0, 0.05) is 31.1 Å². The van der Waals surface area contributed by atoms with Gasteiger partial charge in [0.1, 0.15) is 0 Å². The average molecular weight is 316 g/mol. The quantitative estimate of drug-likeness (QED) is 0.775. The van der Waals surface area contributed by atoms with E-state index in [9.17, 15) is 4.79 Å². The van der Waals surface area contributed by atoms with E-state index in [1.54, 1.807) is 7.11 Å². The molecule has 0 aliphatic heterocycles. The number of thiazole rings is 1. The van der Waals surface area contributed by atoms with E-state index in [2.05, 4.69) is 15.6 Å². The van der Waals surface area contributed by atoms with E-state index < -0.39 is 0 Å². The number of nitrogens with one attached hydrogen (secondary N) is 2. The summed E-state index contributed by atoms with van der Waals surface area (Å²) in [6.45, 7) is 0.433. The fourth-order valence-corrected chi connectivity index (χ4v) is 2.98. The van der Waals surface area contributed by atoms with Gasteiger partial charge in [0.25, 0.3) is 0 Å². The number of hydrogen-bond donors (Lipinski definition) is 2. The summed E-state index contributed by atoms with van der Waals surface area (Å²) >= 11 is 1.37. The summed E-state index contributed by atoms with van der Waals surface area (Å²) in [6, 6.07) is 7.50. The Morgan fingerprint density at radius 3 is 3.05 bits per heavy atom. The van der Waals surface area contributed by atoms with Crippen molar-refractivity contribution in [2.24, 2.45) is 7.05 Å². The van der Waals surface area contributed by atoms with Gasteiger partial charge in [-0.3, -0.25) is 5.32 Å². The number of nitrogens with zero attached hydrogens (tertiary/aromatic N) is 2. The molecule has 0 fully saturated rings. The summed E-state index contributed by atoms with van der Waals surface area (Å²) in [7, 11) is 3.56. The van der Waals surface area contributed by atoms with Crippen molar-refractivity contribution in [1.82, 2.24) is 9.55 Å². The number of aromatic nitrogens is 2. The largest absolute Gasteiger partial charge is 0.378 e. The predicted octanol–water partition coefficient (Wildman–Crippen LogP) is 3.43. The van der Waals surface area contributed by atoms with Crippen LogP contribution >= 0.6 is 11.3 Å². The van der Waals surface area contributed by atoms with E-state index in [1.807, 2.05) is 47.5 Å². The molecule has 2 amide bonds. The van der Waals surface area contributed by atoms with Gasteiger partial charge in [-0.15, -0.1) is 11.3 Å². The number of fused-ring (bicyclic) bond motifs is 1. The normalized spacial score (nSPS) is 10.8. The Kier molecular flexibility index (Phi) is 4.08. The average Bonchev–Trinajstić information content (AvgIpc) is 3.07. The lowest BCUT2D eigenvalue weighted by molar-refractivity contribution is 0.182. The van der Waals surface area contributed by atoms with E-state index >= 15 is 0 Å². The van der Waals surface area contributed by atoms with Crippen molar-refractivity contribution in [2.45, 2.75) is 6.61 Å². The monoisotopic (exact) mass is 316 g/mol. The van der Waals surface area contributed by atoms with Crippen LogP contribution < -0.4 is 10.6 Å². The number of rotatable bonds is 4. The van der Waals surface area contributed by atoms with Crippen LogP contribution in [0.3, 0.4) is 0 Å². The molecule has 3 rings (SSSR count). The molecule has 22 heavy (non-hydrogen) atoms. The molecule has 0 aliphatic rings. The van der Waals surface area contributed by atoms with Crippen LogP contribution in [0.4, 0.5) is 15.6 Å². The summed E-state index contributed by atoms with van der Waals surface area (Å²) in [5, 5.41) is 9.09. The van der Waals surface area contributed by atoms with E-state index in [0.29, 0.717) is 11.7 Å². The lowest BCUT2D eigenvalue weighted by atomic mass is 10.2. The summed E-state index contributed by atoms with van der Waals surface area (Å²) < 4.78 is 6.98. The van der Waals surface area contributed by atoms with Gasteiger partial charge in [0.2, 0.25) is 0 Å². The molecule has 0 aliphatic carbocycles. The van der Waals surface area contributed by atoms with Crippen LogP contribution in [0.2, 0.25) is 0 Å². The Bertz CT molecular complexity index is 809. The number of carbonyl (C=O) groups is 1. The minimum absolute atomic E-state index is 0.313. The highest BCUT2D eigenvalue weighted by Gasteiger charge is 2.10. The molecule has 6 nitrogen and oxygen atoms in total. The van der Waals surface area contributed by atoms with E-state index in [1.165, 1.54) is 11.3 Å². The van der Waals surface area contributed by atoms with Crippen molar-refractivity contribution in [3.8, 4) is 0 Å². The van der Waals surface area contributed by atoms with Crippen LogP contribution in [-0.2, 0) is 18.4 Å². The lowest BCUT2D eigenvalue weighted by Crippen LogP contribution is -2.19. The summed E-state index contributed by atoms with van der Waals surface area (Å²) in [5.74, 6) is 0. The van der Waals surface area contributed by atoms with Crippen LogP contribution in [-0.4, -0.2) is 22.7 Å². The fourth-order valence-electron chi connectivity index (χ4n) is 2.29. The van der Waals surface area contributed by atoms with Crippen molar-refractivity contribution >= 4 is 39.1 Å². The van der Waals surface area contributed by atoms with Gasteiger partial charge in [-0.1, -0.05) is 12.1 Å².